The molecule has 0 aliphatic heterocycles. The highest BCUT2D eigenvalue weighted by Crippen LogP contribution is 2.30. The van der Waals surface area contributed by atoms with Crippen molar-refractivity contribution in [2.45, 2.75) is 12.6 Å². The van der Waals surface area contributed by atoms with E-state index in [4.69, 9.17) is 0 Å². The summed E-state index contributed by atoms with van der Waals surface area (Å²) in [5, 5.41) is 4.97. The predicted octanol–water partition coefficient (Wildman–Crippen LogP) is 5.28. The van der Waals surface area contributed by atoms with Crippen LogP contribution in [0.1, 0.15) is 21.5 Å². The van der Waals surface area contributed by atoms with E-state index in [1.165, 1.54) is 48.5 Å². The summed E-state index contributed by atoms with van der Waals surface area (Å²) in [4.78, 5) is 24.5. The van der Waals surface area contributed by atoms with Crippen molar-refractivity contribution in [3.63, 3.8) is 0 Å². The second kappa shape index (κ2) is 8.77. The van der Waals surface area contributed by atoms with Crippen LogP contribution in [0.5, 0.6) is 0 Å². The van der Waals surface area contributed by atoms with Gasteiger partial charge in [-0.05, 0) is 48.0 Å². The summed E-state index contributed by atoms with van der Waals surface area (Å²) in [5.74, 6) is -1.61. The molecular formula is C22H16F4N2O2. The van der Waals surface area contributed by atoms with Crippen molar-refractivity contribution < 1.29 is 27.2 Å². The monoisotopic (exact) mass is 416 g/mol. The molecule has 30 heavy (non-hydrogen) atoms. The lowest BCUT2D eigenvalue weighted by Crippen LogP contribution is -2.16. The molecule has 3 aromatic rings. The zero-order valence-electron chi connectivity index (χ0n) is 15.5. The van der Waals surface area contributed by atoms with E-state index in [9.17, 15) is 27.2 Å². The van der Waals surface area contributed by atoms with Crippen molar-refractivity contribution in [3.8, 4) is 0 Å². The van der Waals surface area contributed by atoms with Crippen LogP contribution in [0.4, 0.5) is 28.9 Å². The number of alkyl halides is 3. The molecule has 0 atom stereocenters. The summed E-state index contributed by atoms with van der Waals surface area (Å²) in [5.41, 5.74) is -0.226. The molecule has 2 N–H and O–H groups in total. The number of carbonyl (C=O) groups excluding carboxylic acids is 2. The molecule has 8 heteroatoms. The van der Waals surface area contributed by atoms with Gasteiger partial charge in [0.05, 0.1) is 12.0 Å². The van der Waals surface area contributed by atoms with Gasteiger partial charge in [-0.15, -0.1) is 0 Å². The number of hydrogen-bond donors (Lipinski definition) is 2. The number of halogens is 4. The maximum absolute atomic E-state index is 13.7. The van der Waals surface area contributed by atoms with E-state index in [1.54, 1.807) is 12.1 Å². The fourth-order valence-electron chi connectivity index (χ4n) is 2.73. The number of carbonyl (C=O) groups is 2. The van der Waals surface area contributed by atoms with Crippen molar-refractivity contribution in [1.82, 2.24) is 0 Å². The van der Waals surface area contributed by atoms with E-state index < -0.39 is 29.4 Å². The zero-order valence-corrected chi connectivity index (χ0v) is 15.5. The van der Waals surface area contributed by atoms with Crippen LogP contribution >= 0.6 is 0 Å². The molecule has 0 bridgehead atoms. The van der Waals surface area contributed by atoms with Crippen LogP contribution in [-0.2, 0) is 17.4 Å². The van der Waals surface area contributed by atoms with Crippen molar-refractivity contribution >= 4 is 23.2 Å². The predicted molar refractivity (Wildman–Crippen MR) is 105 cm³/mol. The lowest BCUT2D eigenvalue weighted by Gasteiger charge is -2.11. The molecule has 2 amide bonds. The Hall–Kier alpha value is -3.68. The molecule has 0 aromatic heterocycles. The first kappa shape index (κ1) is 21.0. The molecule has 3 aromatic carbocycles. The summed E-state index contributed by atoms with van der Waals surface area (Å²) in [6.45, 7) is 0. The Morgan fingerprint density at radius 1 is 0.800 bits per heavy atom. The first-order chi connectivity index (χ1) is 14.2. The van der Waals surface area contributed by atoms with E-state index in [-0.39, 0.29) is 23.2 Å². The molecule has 0 spiro atoms. The molecule has 0 heterocycles. The fourth-order valence-corrected chi connectivity index (χ4v) is 2.73. The SMILES string of the molecule is O=C(Cc1ccccc1F)Nc1cccc(C(=O)Nc2cccc(C(F)(F)F)c2)c1. The Morgan fingerprint density at radius 3 is 2.17 bits per heavy atom. The second-order valence-electron chi connectivity index (χ2n) is 6.43. The van der Waals surface area contributed by atoms with E-state index in [0.717, 1.165) is 12.1 Å². The maximum Gasteiger partial charge on any atom is 0.416 e. The smallest absolute Gasteiger partial charge is 0.326 e. The Bertz CT molecular complexity index is 1080. The summed E-state index contributed by atoms with van der Waals surface area (Å²) in [6, 6.07) is 16.0. The minimum absolute atomic E-state index is 0.0104. The second-order valence-corrected chi connectivity index (χ2v) is 6.43. The molecule has 0 fully saturated rings. The molecule has 0 aliphatic rings. The normalized spacial score (nSPS) is 11.1. The quantitative estimate of drug-likeness (QED) is 0.556. The van der Waals surface area contributed by atoms with Crippen LogP contribution < -0.4 is 10.6 Å². The zero-order chi connectivity index (χ0) is 21.7. The van der Waals surface area contributed by atoms with Crippen LogP contribution in [0.2, 0.25) is 0 Å². The number of anilines is 2. The fraction of sp³-hybridized carbons (Fsp3) is 0.0909. The van der Waals surface area contributed by atoms with Crippen molar-refractivity contribution in [3.05, 3.63) is 95.3 Å². The van der Waals surface area contributed by atoms with Crippen molar-refractivity contribution in [2.24, 2.45) is 0 Å². The third-order valence-corrected chi connectivity index (χ3v) is 4.17. The third kappa shape index (κ3) is 5.44. The topological polar surface area (TPSA) is 58.2 Å². The average molecular weight is 416 g/mol. The lowest BCUT2D eigenvalue weighted by molar-refractivity contribution is -0.137. The number of rotatable bonds is 5. The number of benzene rings is 3. The van der Waals surface area contributed by atoms with Crippen molar-refractivity contribution in [2.75, 3.05) is 10.6 Å². The van der Waals surface area contributed by atoms with Gasteiger partial charge in [0.2, 0.25) is 5.91 Å². The Morgan fingerprint density at radius 2 is 1.47 bits per heavy atom. The number of hydrogen-bond acceptors (Lipinski definition) is 2. The summed E-state index contributed by atoms with van der Waals surface area (Å²) < 4.78 is 52.1. The molecule has 154 valence electrons. The Labute approximate surface area is 169 Å². The van der Waals surface area contributed by atoms with Gasteiger partial charge >= 0.3 is 6.18 Å². The van der Waals surface area contributed by atoms with Gasteiger partial charge < -0.3 is 10.6 Å². The molecular weight excluding hydrogens is 400 g/mol. The van der Waals surface area contributed by atoms with Crippen LogP contribution in [0, 0.1) is 5.82 Å². The van der Waals surface area contributed by atoms with Gasteiger partial charge in [0, 0.05) is 16.9 Å². The first-order valence-corrected chi connectivity index (χ1v) is 8.84. The van der Waals surface area contributed by atoms with Gasteiger partial charge in [-0.3, -0.25) is 9.59 Å². The van der Waals surface area contributed by atoms with Crippen LogP contribution in [0.15, 0.2) is 72.8 Å². The van der Waals surface area contributed by atoms with Gasteiger partial charge in [-0.1, -0.05) is 30.3 Å². The minimum atomic E-state index is -4.52. The van der Waals surface area contributed by atoms with Gasteiger partial charge in [0.25, 0.3) is 5.91 Å². The van der Waals surface area contributed by atoms with E-state index in [1.807, 2.05) is 0 Å². The van der Waals surface area contributed by atoms with Gasteiger partial charge in [-0.25, -0.2) is 4.39 Å². The lowest BCUT2D eigenvalue weighted by atomic mass is 10.1. The standard InChI is InChI=1S/C22H16F4N2O2/c23-19-10-2-1-5-14(19)12-20(29)27-17-8-3-6-15(11-17)21(30)28-18-9-4-7-16(13-18)22(24,25)26/h1-11,13H,12H2,(H,27,29)(H,28,30). The van der Waals surface area contributed by atoms with Crippen LogP contribution in [0.25, 0.3) is 0 Å². The molecule has 4 nitrogen and oxygen atoms in total. The summed E-state index contributed by atoms with van der Waals surface area (Å²) in [7, 11) is 0. The maximum atomic E-state index is 13.7. The van der Waals surface area contributed by atoms with Gasteiger partial charge in [0.15, 0.2) is 0 Å². The number of nitrogens with one attached hydrogen (secondary N) is 2. The highest BCUT2D eigenvalue weighted by Gasteiger charge is 2.30. The largest absolute Gasteiger partial charge is 0.416 e. The molecule has 0 unspecified atom stereocenters. The Balaban J connectivity index is 1.68. The van der Waals surface area contributed by atoms with E-state index >= 15 is 0 Å². The number of amides is 2. The van der Waals surface area contributed by atoms with E-state index in [0.29, 0.717) is 5.69 Å². The summed E-state index contributed by atoms with van der Waals surface area (Å²) >= 11 is 0. The Kier molecular flexibility index (Phi) is 6.15. The highest BCUT2D eigenvalue weighted by atomic mass is 19.4. The average Bonchev–Trinajstić information content (AvgIpc) is 2.69. The molecule has 0 saturated heterocycles. The van der Waals surface area contributed by atoms with Gasteiger partial charge in [0.1, 0.15) is 5.82 Å². The minimum Gasteiger partial charge on any atom is -0.326 e. The van der Waals surface area contributed by atoms with E-state index in [2.05, 4.69) is 10.6 Å². The highest BCUT2D eigenvalue weighted by molar-refractivity contribution is 6.05. The summed E-state index contributed by atoms with van der Waals surface area (Å²) in [6.07, 6.45) is -4.71. The van der Waals surface area contributed by atoms with Gasteiger partial charge in [-0.2, -0.15) is 13.2 Å². The van der Waals surface area contributed by atoms with Crippen LogP contribution in [0.3, 0.4) is 0 Å². The molecule has 0 saturated carbocycles. The third-order valence-electron chi connectivity index (χ3n) is 4.17. The molecule has 0 radical (unpaired) electrons. The van der Waals surface area contributed by atoms with Crippen LogP contribution in [-0.4, -0.2) is 11.8 Å². The first-order valence-electron chi connectivity index (χ1n) is 8.84. The van der Waals surface area contributed by atoms with Crippen molar-refractivity contribution in [1.29, 1.82) is 0 Å². The molecule has 3 rings (SSSR count). The molecule has 0 aliphatic carbocycles.